The van der Waals surface area contributed by atoms with Crippen LogP contribution in [0.15, 0.2) is 48.6 Å². The molecule has 45 heavy (non-hydrogen) atoms. The van der Waals surface area contributed by atoms with Gasteiger partial charge >= 0.3 is 5.97 Å². The predicted molar refractivity (Wildman–Crippen MR) is 198 cm³/mol. The van der Waals surface area contributed by atoms with Gasteiger partial charge in [0.05, 0.1) is 12.5 Å². The Kier molecular flexibility index (Phi) is 33.9. The first-order valence-corrected chi connectivity index (χ1v) is 19.1. The molecule has 0 aromatic carbocycles. The standard InChI is InChI=1S/C41H75NO3/c1-5-7-9-11-13-15-17-19-21-23-25-27-29-31-33-35-39(43)40(45-41(44)37-38-42(3)4)36-34-32-30-28-26-24-22-20-18-16-14-12-10-8-6-2/h13-16,19-22,39-40,43H,5-12,17-18,23-38H2,1-4H3/b15-13+,16-14+,21-19+,22-20+. The van der Waals surface area contributed by atoms with Gasteiger partial charge in [-0.05, 0) is 97.6 Å². The molecule has 0 spiro atoms. The van der Waals surface area contributed by atoms with E-state index >= 15 is 0 Å². The molecule has 0 aliphatic heterocycles. The molecule has 4 nitrogen and oxygen atoms in total. The summed E-state index contributed by atoms with van der Waals surface area (Å²) in [5, 5.41) is 10.9. The molecule has 0 saturated heterocycles. The number of aliphatic hydroxyl groups is 1. The van der Waals surface area contributed by atoms with Crippen LogP contribution in [0.1, 0.15) is 174 Å². The van der Waals surface area contributed by atoms with Crippen LogP contribution in [0.5, 0.6) is 0 Å². The normalized spacial score (nSPS) is 13.7. The maximum atomic E-state index is 12.5. The monoisotopic (exact) mass is 630 g/mol. The summed E-state index contributed by atoms with van der Waals surface area (Å²) in [6.45, 7) is 5.18. The number of unbranched alkanes of at least 4 members (excludes halogenated alkanes) is 16. The Morgan fingerprint density at radius 1 is 0.578 bits per heavy atom. The summed E-state index contributed by atoms with van der Waals surface area (Å²) < 4.78 is 5.81. The molecule has 0 heterocycles. The van der Waals surface area contributed by atoms with E-state index in [1.165, 1.54) is 89.9 Å². The van der Waals surface area contributed by atoms with Gasteiger partial charge in [0.2, 0.25) is 0 Å². The maximum absolute atomic E-state index is 12.5. The predicted octanol–water partition coefficient (Wildman–Crippen LogP) is 11.8. The highest BCUT2D eigenvalue weighted by atomic mass is 16.6. The molecule has 0 aliphatic carbocycles. The van der Waals surface area contributed by atoms with Gasteiger partial charge in [-0.15, -0.1) is 0 Å². The van der Waals surface area contributed by atoms with Crippen LogP contribution in [0.4, 0.5) is 0 Å². The van der Waals surface area contributed by atoms with E-state index in [9.17, 15) is 9.90 Å². The van der Waals surface area contributed by atoms with Crippen molar-refractivity contribution in [2.75, 3.05) is 20.6 Å². The number of allylic oxidation sites excluding steroid dienone is 8. The van der Waals surface area contributed by atoms with Crippen LogP contribution in [0.25, 0.3) is 0 Å². The van der Waals surface area contributed by atoms with Crippen molar-refractivity contribution < 1.29 is 14.6 Å². The summed E-state index contributed by atoms with van der Waals surface area (Å²) in [5.41, 5.74) is 0. The summed E-state index contributed by atoms with van der Waals surface area (Å²) in [4.78, 5) is 14.5. The maximum Gasteiger partial charge on any atom is 0.307 e. The third-order valence-electron chi connectivity index (χ3n) is 8.36. The van der Waals surface area contributed by atoms with Crippen LogP contribution in [0.2, 0.25) is 0 Å². The van der Waals surface area contributed by atoms with Crippen LogP contribution in [-0.4, -0.2) is 48.8 Å². The molecule has 0 bridgehead atoms. The SMILES string of the molecule is CCCCC/C=C/C/C=C/CCCCCCCC(O)C(CCCCCCC/C=C/C/C=C/CCCCC)OC(=O)CCN(C)C. The van der Waals surface area contributed by atoms with Gasteiger partial charge in [0.1, 0.15) is 6.10 Å². The molecule has 1 N–H and O–H groups in total. The number of carbonyl (C=O) groups excluding carboxylic acids is 1. The third-order valence-corrected chi connectivity index (χ3v) is 8.36. The van der Waals surface area contributed by atoms with Gasteiger partial charge in [-0.1, -0.05) is 133 Å². The van der Waals surface area contributed by atoms with Crippen molar-refractivity contribution in [3.05, 3.63) is 48.6 Å². The molecule has 0 aromatic rings. The highest BCUT2D eigenvalue weighted by molar-refractivity contribution is 5.69. The zero-order valence-electron chi connectivity index (χ0n) is 30.4. The fourth-order valence-corrected chi connectivity index (χ4v) is 5.38. The molecule has 0 radical (unpaired) electrons. The smallest absolute Gasteiger partial charge is 0.307 e. The van der Waals surface area contributed by atoms with Gasteiger partial charge in [0, 0.05) is 6.54 Å². The molecule has 0 fully saturated rings. The molecule has 0 saturated carbocycles. The first-order chi connectivity index (χ1) is 22.0. The molecule has 4 heteroatoms. The lowest BCUT2D eigenvalue weighted by atomic mass is 9.99. The van der Waals surface area contributed by atoms with Gasteiger partial charge < -0.3 is 14.7 Å². The molecule has 2 atom stereocenters. The molecule has 0 aliphatic rings. The second-order valence-electron chi connectivity index (χ2n) is 13.2. The number of aliphatic hydroxyl groups excluding tert-OH is 1. The van der Waals surface area contributed by atoms with Crippen molar-refractivity contribution in [2.24, 2.45) is 0 Å². The molecule has 2 unspecified atom stereocenters. The Morgan fingerprint density at radius 3 is 1.42 bits per heavy atom. The molecule has 262 valence electrons. The summed E-state index contributed by atoms with van der Waals surface area (Å²) in [5.74, 6) is -0.185. The highest BCUT2D eigenvalue weighted by Gasteiger charge is 2.22. The van der Waals surface area contributed by atoms with Crippen molar-refractivity contribution >= 4 is 5.97 Å². The fourth-order valence-electron chi connectivity index (χ4n) is 5.38. The Bertz CT molecular complexity index is 739. The summed E-state index contributed by atoms with van der Waals surface area (Å²) in [6, 6.07) is 0. The van der Waals surface area contributed by atoms with E-state index in [2.05, 4.69) is 62.5 Å². The van der Waals surface area contributed by atoms with Gasteiger partial charge in [-0.25, -0.2) is 0 Å². The second-order valence-corrected chi connectivity index (χ2v) is 13.2. The minimum Gasteiger partial charge on any atom is -0.460 e. The topological polar surface area (TPSA) is 49.8 Å². The first-order valence-electron chi connectivity index (χ1n) is 19.1. The van der Waals surface area contributed by atoms with Gasteiger partial charge in [-0.3, -0.25) is 4.79 Å². The quantitative estimate of drug-likeness (QED) is 0.0446. The van der Waals surface area contributed by atoms with Crippen molar-refractivity contribution in [1.82, 2.24) is 4.90 Å². The summed E-state index contributed by atoms with van der Waals surface area (Å²) >= 11 is 0. The minimum absolute atomic E-state index is 0.185. The molecule has 0 amide bonds. The number of ether oxygens (including phenoxy) is 1. The third kappa shape index (κ3) is 33.5. The molecular weight excluding hydrogens is 554 g/mol. The van der Waals surface area contributed by atoms with Gasteiger partial charge in [0.15, 0.2) is 0 Å². The number of esters is 1. The lowest BCUT2D eigenvalue weighted by Gasteiger charge is -2.24. The van der Waals surface area contributed by atoms with E-state index in [4.69, 9.17) is 4.74 Å². The molecular formula is C41H75NO3. The average Bonchev–Trinajstić information content (AvgIpc) is 3.03. The summed E-state index contributed by atoms with van der Waals surface area (Å²) in [6.07, 6.45) is 45.7. The van der Waals surface area contributed by atoms with Crippen LogP contribution in [-0.2, 0) is 9.53 Å². The van der Waals surface area contributed by atoms with Crippen LogP contribution >= 0.6 is 0 Å². The Balaban J connectivity index is 4.13. The van der Waals surface area contributed by atoms with Crippen molar-refractivity contribution in [1.29, 1.82) is 0 Å². The summed E-state index contributed by atoms with van der Waals surface area (Å²) in [7, 11) is 3.93. The second kappa shape index (κ2) is 35.2. The average molecular weight is 630 g/mol. The van der Waals surface area contributed by atoms with E-state index in [0.717, 1.165) is 64.2 Å². The lowest BCUT2D eigenvalue weighted by molar-refractivity contribution is -0.156. The zero-order valence-corrected chi connectivity index (χ0v) is 30.4. The van der Waals surface area contributed by atoms with Crippen LogP contribution < -0.4 is 0 Å². The number of hydrogen-bond donors (Lipinski definition) is 1. The van der Waals surface area contributed by atoms with E-state index in [0.29, 0.717) is 13.0 Å². The van der Waals surface area contributed by atoms with Crippen molar-refractivity contribution in [3.8, 4) is 0 Å². The van der Waals surface area contributed by atoms with E-state index < -0.39 is 6.10 Å². The van der Waals surface area contributed by atoms with E-state index in [1.54, 1.807) is 0 Å². The van der Waals surface area contributed by atoms with Crippen LogP contribution in [0, 0.1) is 0 Å². The van der Waals surface area contributed by atoms with Crippen LogP contribution in [0.3, 0.4) is 0 Å². The largest absolute Gasteiger partial charge is 0.460 e. The highest BCUT2D eigenvalue weighted by Crippen LogP contribution is 2.18. The minimum atomic E-state index is -0.558. The number of rotatable bonds is 33. The Morgan fingerprint density at radius 2 is 0.978 bits per heavy atom. The number of hydrogen-bond acceptors (Lipinski definition) is 4. The first kappa shape index (κ1) is 43.4. The molecule has 0 aromatic heterocycles. The number of carbonyl (C=O) groups is 1. The molecule has 0 rings (SSSR count). The van der Waals surface area contributed by atoms with Crippen molar-refractivity contribution in [2.45, 2.75) is 187 Å². The van der Waals surface area contributed by atoms with E-state index in [-0.39, 0.29) is 12.1 Å². The number of nitrogens with zero attached hydrogens (tertiary/aromatic N) is 1. The van der Waals surface area contributed by atoms with Crippen molar-refractivity contribution in [3.63, 3.8) is 0 Å². The van der Waals surface area contributed by atoms with Gasteiger partial charge in [0.25, 0.3) is 0 Å². The van der Waals surface area contributed by atoms with Gasteiger partial charge in [-0.2, -0.15) is 0 Å². The van der Waals surface area contributed by atoms with E-state index in [1.807, 2.05) is 19.0 Å². The Hall–Kier alpha value is -1.65. The fraction of sp³-hybridized carbons (Fsp3) is 0.780. The lowest BCUT2D eigenvalue weighted by Crippen LogP contribution is -2.32. The Labute approximate surface area is 280 Å². The zero-order chi connectivity index (χ0) is 33.1.